The molecule has 2 aromatic carbocycles. The van der Waals surface area contributed by atoms with Crippen molar-refractivity contribution >= 4 is 40.5 Å². The van der Waals surface area contributed by atoms with Gasteiger partial charge in [-0.1, -0.05) is 41.4 Å². The summed E-state index contributed by atoms with van der Waals surface area (Å²) in [5.74, 6) is -0.335. The first-order valence-electron chi connectivity index (χ1n) is 7.14. The number of hydrogen-bond donors (Lipinski definition) is 0. The average molecular weight is 378 g/mol. The summed E-state index contributed by atoms with van der Waals surface area (Å²) in [7, 11) is 1.37. The number of methoxy groups -OCH3 is 1. The summed E-state index contributed by atoms with van der Waals surface area (Å²) in [4.78, 5) is 16.1. The largest absolute Gasteiger partial charge is 0.465 e. The van der Waals surface area contributed by atoms with Crippen LogP contribution in [-0.4, -0.2) is 18.1 Å². The fraction of sp³-hybridized carbons (Fsp3) is 0.111. The Labute approximate surface area is 153 Å². The van der Waals surface area contributed by atoms with Crippen molar-refractivity contribution in [2.75, 3.05) is 7.11 Å². The van der Waals surface area contributed by atoms with Gasteiger partial charge in [-0.25, -0.2) is 9.78 Å². The molecule has 0 radical (unpaired) electrons. The SMILES string of the molecule is COC(=O)c1ccc(Cc2nc(-c3ccc(Cl)c(Cl)c3)cs2)cc1. The minimum Gasteiger partial charge on any atom is -0.465 e. The first-order valence-corrected chi connectivity index (χ1v) is 8.77. The maximum Gasteiger partial charge on any atom is 0.337 e. The number of thiazole rings is 1. The fourth-order valence-electron chi connectivity index (χ4n) is 2.23. The summed E-state index contributed by atoms with van der Waals surface area (Å²) in [6, 6.07) is 12.8. The lowest BCUT2D eigenvalue weighted by atomic mass is 10.1. The van der Waals surface area contributed by atoms with Gasteiger partial charge in [0.2, 0.25) is 0 Å². The zero-order valence-corrected chi connectivity index (χ0v) is 15.1. The fourth-order valence-corrected chi connectivity index (χ4v) is 3.37. The highest BCUT2D eigenvalue weighted by Gasteiger charge is 2.09. The molecule has 24 heavy (non-hydrogen) atoms. The Morgan fingerprint density at radius 2 is 1.88 bits per heavy atom. The third kappa shape index (κ3) is 3.78. The Kier molecular flexibility index (Phi) is 5.19. The number of halogens is 2. The van der Waals surface area contributed by atoms with Crippen LogP contribution in [0.1, 0.15) is 20.9 Å². The molecule has 0 saturated carbocycles. The van der Waals surface area contributed by atoms with Crippen molar-refractivity contribution in [2.45, 2.75) is 6.42 Å². The van der Waals surface area contributed by atoms with E-state index in [2.05, 4.69) is 4.98 Å². The van der Waals surface area contributed by atoms with Gasteiger partial charge in [-0.05, 0) is 29.8 Å². The molecule has 1 heterocycles. The van der Waals surface area contributed by atoms with Crippen LogP contribution in [0.15, 0.2) is 47.8 Å². The second-order valence-electron chi connectivity index (χ2n) is 5.12. The Hall–Kier alpha value is -1.88. The van der Waals surface area contributed by atoms with Crippen molar-refractivity contribution in [3.8, 4) is 11.3 Å². The van der Waals surface area contributed by atoms with Crippen LogP contribution in [-0.2, 0) is 11.2 Å². The van der Waals surface area contributed by atoms with Gasteiger partial charge in [0.25, 0.3) is 0 Å². The van der Waals surface area contributed by atoms with E-state index in [0.29, 0.717) is 22.0 Å². The zero-order valence-electron chi connectivity index (χ0n) is 12.8. The molecule has 0 fully saturated rings. The van der Waals surface area contributed by atoms with Gasteiger partial charge in [0, 0.05) is 17.4 Å². The van der Waals surface area contributed by atoms with Crippen molar-refractivity contribution in [1.82, 2.24) is 4.98 Å². The third-order valence-electron chi connectivity index (χ3n) is 3.50. The summed E-state index contributed by atoms with van der Waals surface area (Å²) < 4.78 is 4.70. The number of esters is 1. The van der Waals surface area contributed by atoms with Gasteiger partial charge in [0.15, 0.2) is 0 Å². The van der Waals surface area contributed by atoms with E-state index in [1.165, 1.54) is 7.11 Å². The molecule has 3 aromatic rings. The topological polar surface area (TPSA) is 39.2 Å². The molecule has 0 saturated heterocycles. The molecule has 0 aliphatic carbocycles. The number of ether oxygens (including phenoxy) is 1. The Morgan fingerprint density at radius 3 is 2.54 bits per heavy atom. The van der Waals surface area contributed by atoms with Crippen molar-refractivity contribution in [2.24, 2.45) is 0 Å². The molecule has 0 N–H and O–H groups in total. The second kappa shape index (κ2) is 7.34. The molecule has 0 aliphatic heterocycles. The summed E-state index contributed by atoms with van der Waals surface area (Å²) in [5.41, 5.74) is 3.43. The van der Waals surface area contributed by atoms with E-state index in [9.17, 15) is 4.79 Å². The summed E-state index contributed by atoms with van der Waals surface area (Å²) in [6.45, 7) is 0. The van der Waals surface area contributed by atoms with E-state index in [0.717, 1.165) is 21.8 Å². The number of hydrogen-bond acceptors (Lipinski definition) is 4. The molecule has 0 aliphatic rings. The van der Waals surface area contributed by atoms with Crippen molar-refractivity contribution < 1.29 is 9.53 Å². The zero-order chi connectivity index (χ0) is 17.1. The van der Waals surface area contributed by atoms with Crippen LogP contribution in [0.2, 0.25) is 10.0 Å². The van der Waals surface area contributed by atoms with Gasteiger partial charge >= 0.3 is 5.97 Å². The maximum atomic E-state index is 11.4. The smallest absolute Gasteiger partial charge is 0.337 e. The van der Waals surface area contributed by atoms with E-state index >= 15 is 0 Å². The summed E-state index contributed by atoms with van der Waals surface area (Å²) in [6.07, 6.45) is 0.702. The highest BCUT2D eigenvalue weighted by molar-refractivity contribution is 7.10. The van der Waals surface area contributed by atoms with Gasteiger partial charge in [0.05, 0.1) is 33.4 Å². The molecular formula is C18H13Cl2NO2S. The molecule has 6 heteroatoms. The van der Waals surface area contributed by atoms with Gasteiger partial charge in [-0.15, -0.1) is 11.3 Å². The number of carbonyl (C=O) groups is 1. The second-order valence-corrected chi connectivity index (χ2v) is 6.88. The Morgan fingerprint density at radius 1 is 1.12 bits per heavy atom. The monoisotopic (exact) mass is 377 g/mol. The molecular weight excluding hydrogens is 365 g/mol. The van der Waals surface area contributed by atoms with Crippen molar-refractivity contribution in [3.63, 3.8) is 0 Å². The van der Waals surface area contributed by atoms with Crippen LogP contribution in [0.4, 0.5) is 0 Å². The molecule has 122 valence electrons. The lowest BCUT2D eigenvalue weighted by Crippen LogP contribution is -2.00. The number of nitrogens with zero attached hydrogens (tertiary/aromatic N) is 1. The minimum absolute atomic E-state index is 0.335. The lowest BCUT2D eigenvalue weighted by molar-refractivity contribution is 0.0600. The van der Waals surface area contributed by atoms with Gasteiger partial charge in [-0.2, -0.15) is 0 Å². The average Bonchev–Trinajstić information content (AvgIpc) is 3.06. The number of carbonyl (C=O) groups excluding carboxylic acids is 1. The van der Waals surface area contributed by atoms with E-state index in [1.807, 2.05) is 29.6 Å². The van der Waals surface area contributed by atoms with E-state index < -0.39 is 0 Å². The predicted molar refractivity (Wildman–Crippen MR) is 98.2 cm³/mol. The van der Waals surface area contributed by atoms with Crippen LogP contribution >= 0.6 is 34.5 Å². The number of benzene rings is 2. The lowest BCUT2D eigenvalue weighted by Gasteiger charge is -2.02. The highest BCUT2D eigenvalue weighted by atomic mass is 35.5. The molecule has 0 spiro atoms. The maximum absolute atomic E-state index is 11.4. The van der Waals surface area contributed by atoms with Crippen molar-refractivity contribution in [1.29, 1.82) is 0 Å². The summed E-state index contributed by atoms with van der Waals surface area (Å²) >= 11 is 13.6. The van der Waals surface area contributed by atoms with Gasteiger partial charge in [0.1, 0.15) is 0 Å². The summed E-state index contributed by atoms with van der Waals surface area (Å²) in [5, 5.41) is 4.03. The molecule has 3 rings (SSSR count). The van der Waals surface area contributed by atoms with Crippen LogP contribution in [0.25, 0.3) is 11.3 Å². The van der Waals surface area contributed by atoms with E-state index in [-0.39, 0.29) is 5.97 Å². The Bertz CT molecular complexity index is 875. The molecule has 0 bridgehead atoms. The van der Waals surface area contributed by atoms with Crippen LogP contribution in [0.5, 0.6) is 0 Å². The molecule has 0 atom stereocenters. The standard InChI is InChI=1S/C18H13Cl2NO2S/c1-23-18(22)12-4-2-11(3-5-12)8-17-21-16(10-24-17)13-6-7-14(19)15(20)9-13/h2-7,9-10H,8H2,1H3. The van der Waals surface area contributed by atoms with Crippen LogP contribution < -0.4 is 0 Å². The van der Waals surface area contributed by atoms with E-state index in [4.69, 9.17) is 27.9 Å². The normalized spacial score (nSPS) is 10.6. The van der Waals surface area contributed by atoms with Crippen molar-refractivity contribution in [3.05, 3.63) is 74.0 Å². The van der Waals surface area contributed by atoms with Gasteiger partial charge in [-0.3, -0.25) is 0 Å². The molecule has 1 aromatic heterocycles. The van der Waals surface area contributed by atoms with Gasteiger partial charge < -0.3 is 4.74 Å². The first-order chi connectivity index (χ1) is 11.6. The molecule has 3 nitrogen and oxygen atoms in total. The molecule has 0 amide bonds. The number of aromatic nitrogens is 1. The van der Waals surface area contributed by atoms with E-state index in [1.54, 1.807) is 29.5 Å². The van der Waals surface area contributed by atoms with Crippen LogP contribution in [0.3, 0.4) is 0 Å². The number of rotatable bonds is 4. The quantitative estimate of drug-likeness (QED) is 0.563. The Balaban J connectivity index is 1.76. The molecule has 0 unspecified atom stereocenters. The predicted octanol–water partition coefficient (Wildman–Crippen LogP) is 5.49. The van der Waals surface area contributed by atoms with Crippen LogP contribution in [0, 0.1) is 0 Å². The highest BCUT2D eigenvalue weighted by Crippen LogP contribution is 2.29. The first kappa shape index (κ1) is 17.0. The minimum atomic E-state index is -0.335. The third-order valence-corrected chi connectivity index (χ3v) is 5.09.